The highest BCUT2D eigenvalue weighted by Gasteiger charge is 2.54. The minimum atomic E-state index is -0.916. The first kappa shape index (κ1) is 24.0. The van der Waals surface area contributed by atoms with Gasteiger partial charge in [0, 0.05) is 31.0 Å². The molecule has 0 spiro atoms. The van der Waals surface area contributed by atoms with Crippen molar-refractivity contribution in [3.63, 3.8) is 0 Å². The molecule has 0 radical (unpaired) electrons. The molecule has 36 heavy (non-hydrogen) atoms. The van der Waals surface area contributed by atoms with Crippen LogP contribution in [0.4, 0.5) is 0 Å². The van der Waals surface area contributed by atoms with Crippen molar-refractivity contribution < 1.29 is 14.3 Å². The lowest BCUT2D eigenvalue weighted by Gasteiger charge is -2.53. The lowest BCUT2D eigenvalue weighted by atomic mass is 9.81. The third-order valence-electron chi connectivity index (χ3n) is 7.17. The number of nitrogens with zero attached hydrogens (tertiary/aromatic N) is 2. The van der Waals surface area contributed by atoms with Crippen LogP contribution in [0.3, 0.4) is 0 Å². The van der Waals surface area contributed by atoms with Gasteiger partial charge >= 0.3 is 5.97 Å². The molecule has 0 saturated carbocycles. The number of rotatable bonds is 8. The van der Waals surface area contributed by atoms with E-state index < -0.39 is 11.9 Å². The average molecular weight is 481 g/mol. The zero-order chi connectivity index (χ0) is 24.9. The fourth-order valence-corrected chi connectivity index (χ4v) is 5.62. The molecule has 3 atom stereocenters. The number of carbonyl (C=O) groups is 2. The maximum absolute atomic E-state index is 14.3. The van der Waals surface area contributed by atoms with Crippen molar-refractivity contribution in [2.45, 2.75) is 32.2 Å². The van der Waals surface area contributed by atoms with Gasteiger partial charge in [0.1, 0.15) is 0 Å². The summed E-state index contributed by atoms with van der Waals surface area (Å²) < 4.78 is 5.51. The molecule has 1 saturated heterocycles. The predicted molar refractivity (Wildman–Crippen MR) is 140 cm³/mol. The van der Waals surface area contributed by atoms with Crippen LogP contribution in [0.5, 0.6) is 0 Å². The minimum Gasteiger partial charge on any atom is -0.465 e. The zero-order valence-electron chi connectivity index (χ0n) is 20.5. The molecule has 5 heteroatoms. The Balaban J connectivity index is 1.64. The first-order chi connectivity index (χ1) is 17.7. The summed E-state index contributed by atoms with van der Waals surface area (Å²) in [6.07, 6.45) is 16.3. The van der Waals surface area contributed by atoms with E-state index in [0.29, 0.717) is 13.1 Å². The molecule has 0 aromatic heterocycles. The van der Waals surface area contributed by atoms with E-state index in [1.807, 2.05) is 77.7 Å². The van der Waals surface area contributed by atoms with E-state index in [1.54, 1.807) is 6.92 Å². The lowest BCUT2D eigenvalue weighted by Crippen LogP contribution is -2.68. The van der Waals surface area contributed by atoms with Crippen molar-refractivity contribution in [1.82, 2.24) is 9.80 Å². The highest BCUT2D eigenvalue weighted by Crippen LogP contribution is 2.40. The highest BCUT2D eigenvalue weighted by molar-refractivity contribution is 5.99. The second kappa shape index (κ2) is 10.9. The molecule has 0 N–H and O–H groups in total. The molecule has 184 valence electrons. The van der Waals surface area contributed by atoms with Crippen molar-refractivity contribution in [2.75, 3.05) is 6.61 Å². The fraction of sp³-hybridized carbons (Fsp3) is 0.290. The number of esters is 1. The Morgan fingerprint density at radius 3 is 1.86 bits per heavy atom. The van der Waals surface area contributed by atoms with Gasteiger partial charge in [-0.05, 0) is 18.1 Å². The standard InChI is InChI=1S/C31H32N2O3/c1-2-36-31(35)27-28(25-17-9-10-18-25)32(21-23-13-5-3-6-14-23)29(26-19-11-12-20-26)33(30(27)34)22-24-15-7-4-8-16-24/h3-20,25-29H,2,21-22H2,1H3/t27-,28-,29+/m0/s1. The maximum atomic E-state index is 14.3. The fourth-order valence-electron chi connectivity index (χ4n) is 5.62. The van der Waals surface area contributed by atoms with Gasteiger partial charge in [-0.15, -0.1) is 0 Å². The molecule has 1 amide bonds. The molecule has 1 heterocycles. The topological polar surface area (TPSA) is 49.9 Å². The van der Waals surface area contributed by atoms with Crippen LogP contribution in [0.2, 0.25) is 0 Å². The molecule has 0 bridgehead atoms. The minimum absolute atomic E-state index is 0.0152. The van der Waals surface area contributed by atoms with Crippen LogP contribution < -0.4 is 0 Å². The second-order valence-corrected chi connectivity index (χ2v) is 9.44. The van der Waals surface area contributed by atoms with Gasteiger partial charge < -0.3 is 9.64 Å². The van der Waals surface area contributed by atoms with Crippen molar-refractivity contribution in [3.05, 3.63) is 120 Å². The van der Waals surface area contributed by atoms with Crippen molar-refractivity contribution in [2.24, 2.45) is 17.8 Å². The largest absolute Gasteiger partial charge is 0.465 e. The SMILES string of the molecule is CCOC(=O)[C@@H]1C(=O)N(Cc2ccccc2)[C@H](C2C=CC=C2)N(Cc2ccccc2)[C@H]1C1C=CC=C1. The number of amides is 1. The smallest absolute Gasteiger partial charge is 0.320 e. The van der Waals surface area contributed by atoms with E-state index in [-0.39, 0.29) is 36.6 Å². The Hall–Kier alpha value is -3.70. The lowest BCUT2D eigenvalue weighted by molar-refractivity contribution is -0.177. The molecule has 2 aliphatic carbocycles. The third kappa shape index (κ3) is 4.84. The van der Waals surface area contributed by atoms with E-state index in [4.69, 9.17) is 4.74 Å². The summed E-state index contributed by atoms with van der Waals surface area (Å²) in [5.74, 6) is -1.59. The van der Waals surface area contributed by atoms with Crippen LogP contribution in [-0.4, -0.2) is 40.5 Å². The number of carbonyl (C=O) groups excluding carboxylic acids is 2. The van der Waals surface area contributed by atoms with Crippen LogP contribution in [-0.2, 0) is 27.4 Å². The molecular weight excluding hydrogens is 448 g/mol. The normalized spacial score (nSPS) is 24.2. The van der Waals surface area contributed by atoms with Crippen LogP contribution in [0.25, 0.3) is 0 Å². The highest BCUT2D eigenvalue weighted by atomic mass is 16.5. The van der Waals surface area contributed by atoms with Gasteiger partial charge in [0.25, 0.3) is 0 Å². The van der Waals surface area contributed by atoms with E-state index in [1.165, 1.54) is 0 Å². The van der Waals surface area contributed by atoms with Gasteiger partial charge in [-0.1, -0.05) is 109 Å². The number of hydrogen-bond donors (Lipinski definition) is 0. The quantitative estimate of drug-likeness (QED) is 0.399. The molecule has 0 unspecified atom stereocenters. The van der Waals surface area contributed by atoms with Gasteiger partial charge in [0.05, 0.1) is 12.8 Å². The number of benzene rings is 2. The Morgan fingerprint density at radius 2 is 1.31 bits per heavy atom. The Morgan fingerprint density at radius 1 is 0.778 bits per heavy atom. The van der Waals surface area contributed by atoms with Crippen molar-refractivity contribution in [1.29, 1.82) is 0 Å². The molecular formula is C31H32N2O3. The van der Waals surface area contributed by atoms with Gasteiger partial charge in [-0.3, -0.25) is 14.5 Å². The van der Waals surface area contributed by atoms with Gasteiger partial charge in [-0.2, -0.15) is 0 Å². The monoisotopic (exact) mass is 480 g/mol. The summed E-state index contributed by atoms with van der Waals surface area (Å²) in [4.78, 5) is 32.0. The van der Waals surface area contributed by atoms with Gasteiger partial charge in [0.15, 0.2) is 5.92 Å². The van der Waals surface area contributed by atoms with Crippen molar-refractivity contribution in [3.8, 4) is 0 Å². The summed E-state index contributed by atoms with van der Waals surface area (Å²) in [6.45, 7) is 3.06. The number of allylic oxidation sites excluding steroid dienone is 4. The zero-order valence-corrected chi connectivity index (χ0v) is 20.5. The molecule has 5 rings (SSSR count). The molecule has 2 aromatic rings. The maximum Gasteiger partial charge on any atom is 0.320 e. The summed E-state index contributed by atoms with van der Waals surface area (Å²) >= 11 is 0. The average Bonchev–Trinajstić information content (AvgIpc) is 3.62. The van der Waals surface area contributed by atoms with Crippen LogP contribution >= 0.6 is 0 Å². The number of ether oxygens (including phenoxy) is 1. The Bertz CT molecular complexity index is 1160. The van der Waals surface area contributed by atoms with Crippen molar-refractivity contribution >= 4 is 11.9 Å². The summed E-state index contributed by atoms with van der Waals surface area (Å²) in [5, 5.41) is 0. The van der Waals surface area contributed by atoms with Crippen LogP contribution in [0, 0.1) is 17.8 Å². The van der Waals surface area contributed by atoms with E-state index >= 15 is 0 Å². The molecule has 1 aliphatic heterocycles. The molecule has 1 fully saturated rings. The van der Waals surface area contributed by atoms with E-state index in [2.05, 4.69) is 41.3 Å². The first-order valence-electron chi connectivity index (χ1n) is 12.7. The Labute approximate surface area is 213 Å². The van der Waals surface area contributed by atoms with Gasteiger partial charge in [-0.25, -0.2) is 0 Å². The summed E-state index contributed by atoms with van der Waals surface area (Å²) in [6, 6.07) is 19.9. The Kier molecular flexibility index (Phi) is 7.28. The first-order valence-corrected chi connectivity index (χ1v) is 12.7. The molecule has 5 nitrogen and oxygen atoms in total. The summed E-state index contributed by atoms with van der Waals surface area (Å²) in [5.41, 5.74) is 2.17. The van der Waals surface area contributed by atoms with Crippen LogP contribution in [0.15, 0.2) is 109 Å². The number of hydrogen-bond acceptors (Lipinski definition) is 4. The second-order valence-electron chi connectivity index (χ2n) is 9.44. The third-order valence-corrected chi connectivity index (χ3v) is 7.17. The summed E-state index contributed by atoms with van der Waals surface area (Å²) in [7, 11) is 0. The van der Waals surface area contributed by atoms with E-state index in [0.717, 1.165) is 11.1 Å². The van der Waals surface area contributed by atoms with Gasteiger partial charge in [0.2, 0.25) is 5.91 Å². The van der Waals surface area contributed by atoms with E-state index in [9.17, 15) is 9.59 Å². The van der Waals surface area contributed by atoms with Crippen LogP contribution in [0.1, 0.15) is 18.1 Å². The molecule has 3 aliphatic rings. The predicted octanol–water partition coefficient (Wildman–Crippen LogP) is 4.89. The molecule has 2 aromatic carbocycles.